The van der Waals surface area contributed by atoms with Crippen LogP contribution in [0.3, 0.4) is 0 Å². The van der Waals surface area contributed by atoms with Gasteiger partial charge < -0.3 is 10.1 Å². The van der Waals surface area contributed by atoms with Crippen molar-refractivity contribution >= 4 is 15.9 Å². The van der Waals surface area contributed by atoms with Crippen LogP contribution in [0.2, 0.25) is 0 Å². The van der Waals surface area contributed by atoms with Crippen molar-refractivity contribution in [3.05, 3.63) is 58.7 Å². The number of nitrogens with one attached hydrogen (secondary N) is 1. The molecule has 0 bridgehead atoms. The van der Waals surface area contributed by atoms with Crippen molar-refractivity contribution in [1.82, 2.24) is 9.62 Å². The third-order valence-electron chi connectivity index (χ3n) is 5.29. The minimum Gasteiger partial charge on any atom is -0.492 e. The van der Waals surface area contributed by atoms with Crippen molar-refractivity contribution in [2.24, 2.45) is 0 Å². The molecular formula is C22H28N2O4S. The van der Waals surface area contributed by atoms with Crippen LogP contribution in [0.4, 0.5) is 0 Å². The first kappa shape index (κ1) is 21.3. The van der Waals surface area contributed by atoms with E-state index in [-0.39, 0.29) is 10.8 Å². The van der Waals surface area contributed by atoms with E-state index in [0.29, 0.717) is 31.8 Å². The normalized spacial score (nSPS) is 14.7. The molecule has 1 aliphatic heterocycles. The third-order valence-corrected chi connectivity index (χ3v) is 7.19. The van der Waals surface area contributed by atoms with Crippen LogP contribution in [0.25, 0.3) is 0 Å². The summed E-state index contributed by atoms with van der Waals surface area (Å²) in [4.78, 5) is 12.8. The first-order chi connectivity index (χ1) is 13.8. The highest BCUT2D eigenvalue weighted by Crippen LogP contribution is 2.23. The molecule has 1 fully saturated rings. The summed E-state index contributed by atoms with van der Waals surface area (Å²) in [6.07, 6.45) is 1.75. The van der Waals surface area contributed by atoms with Gasteiger partial charge in [-0.25, -0.2) is 8.42 Å². The summed E-state index contributed by atoms with van der Waals surface area (Å²) in [5.74, 6) is 0.460. The summed E-state index contributed by atoms with van der Waals surface area (Å²) < 4.78 is 32.7. The second-order valence-corrected chi connectivity index (χ2v) is 9.38. The first-order valence-corrected chi connectivity index (χ1v) is 11.3. The van der Waals surface area contributed by atoms with Gasteiger partial charge in [0.25, 0.3) is 5.91 Å². The molecule has 0 radical (unpaired) electrons. The number of carbonyl (C=O) groups excluding carboxylic acids is 1. The average molecular weight is 417 g/mol. The zero-order valence-electron chi connectivity index (χ0n) is 17.2. The van der Waals surface area contributed by atoms with Crippen molar-refractivity contribution in [2.75, 3.05) is 26.2 Å². The number of carbonyl (C=O) groups is 1. The van der Waals surface area contributed by atoms with Gasteiger partial charge in [0.15, 0.2) is 0 Å². The number of amides is 1. The van der Waals surface area contributed by atoms with Gasteiger partial charge in [-0.1, -0.05) is 12.1 Å². The van der Waals surface area contributed by atoms with E-state index in [4.69, 9.17) is 4.74 Å². The molecule has 2 aromatic carbocycles. The van der Waals surface area contributed by atoms with Crippen molar-refractivity contribution in [2.45, 2.75) is 38.5 Å². The van der Waals surface area contributed by atoms with E-state index in [1.807, 2.05) is 32.0 Å². The Kier molecular flexibility index (Phi) is 6.59. The number of ether oxygens (including phenoxy) is 1. The number of aryl methyl sites for hydroxylation is 3. The largest absolute Gasteiger partial charge is 0.492 e. The third kappa shape index (κ3) is 4.97. The molecule has 2 aromatic rings. The van der Waals surface area contributed by atoms with E-state index < -0.39 is 10.0 Å². The molecule has 0 saturated carbocycles. The number of nitrogens with zero attached hydrogens (tertiary/aromatic N) is 1. The van der Waals surface area contributed by atoms with Crippen LogP contribution in [0.1, 0.15) is 39.9 Å². The predicted octanol–water partition coefficient (Wildman–Crippen LogP) is 3.21. The van der Waals surface area contributed by atoms with Gasteiger partial charge in [0.05, 0.1) is 11.4 Å². The van der Waals surface area contributed by atoms with Gasteiger partial charge >= 0.3 is 0 Å². The molecule has 6 nitrogen and oxygen atoms in total. The van der Waals surface area contributed by atoms with Crippen LogP contribution < -0.4 is 10.1 Å². The maximum Gasteiger partial charge on any atom is 0.251 e. The minimum absolute atomic E-state index is 0.168. The lowest BCUT2D eigenvalue weighted by molar-refractivity contribution is 0.0946. The lowest BCUT2D eigenvalue weighted by Crippen LogP contribution is -2.30. The quantitative estimate of drug-likeness (QED) is 0.704. The van der Waals surface area contributed by atoms with Crippen molar-refractivity contribution in [3.63, 3.8) is 0 Å². The van der Waals surface area contributed by atoms with Gasteiger partial charge in [-0.2, -0.15) is 4.31 Å². The molecule has 7 heteroatoms. The predicted molar refractivity (Wildman–Crippen MR) is 113 cm³/mol. The van der Waals surface area contributed by atoms with Crippen LogP contribution in [0.5, 0.6) is 5.75 Å². The van der Waals surface area contributed by atoms with E-state index >= 15 is 0 Å². The van der Waals surface area contributed by atoms with Gasteiger partial charge in [0.2, 0.25) is 10.0 Å². The SMILES string of the molecule is Cc1ccc(OCCNC(=O)c2cc(S(=O)(=O)N3CCCC3)ccc2C)cc1C. The van der Waals surface area contributed by atoms with Crippen LogP contribution in [-0.4, -0.2) is 44.9 Å². The molecule has 0 aliphatic carbocycles. The van der Waals surface area contributed by atoms with Gasteiger partial charge in [-0.3, -0.25) is 4.79 Å². The van der Waals surface area contributed by atoms with Crippen molar-refractivity contribution in [1.29, 1.82) is 0 Å². The molecule has 156 valence electrons. The Morgan fingerprint density at radius 3 is 2.38 bits per heavy atom. The molecule has 0 aromatic heterocycles. The van der Waals surface area contributed by atoms with Crippen molar-refractivity contribution in [3.8, 4) is 5.75 Å². The van der Waals surface area contributed by atoms with Crippen LogP contribution in [-0.2, 0) is 10.0 Å². The Hall–Kier alpha value is -2.38. The summed E-state index contributed by atoms with van der Waals surface area (Å²) in [5, 5.41) is 2.81. The van der Waals surface area contributed by atoms with Crippen LogP contribution in [0, 0.1) is 20.8 Å². The molecular weight excluding hydrogens is 388 g/mol. The molecule has 0 spiro atoms. The van der Waals surface area contributed by atoms with Gasteiger partial charge in [-0.05, 0) is 74.6 Å². The van der Waals surface area contributed by atoms with Gasteiger partial charge in [-0.15, -0.1) is 0 Å². The van der Waals surface area contributed by atoms with Crippen LogP contribution in [0.15, 0.2) is 41.3 Å². The molecule has 29 heavy (non-hydrogen) atoms. The second-order valence-electron chi connectivity index (χ2n) is 7.44. The standard InChI is InChI=1S/C22H28N2O4S/c1-16-6-8-19(14-18(16)3)28-13-10-23-22(25)21-15-20(9-7-17(21)2)29(26,27)24-11-4-5-12-24/h6-9,14-15H,4-5,10-13H2,1-3H3,(H,23,25). The Balaban J connectivity index is 1.62. The molecule has 1 N–H and O–H groups in total. The lowest BCUT2D eigenvalue weighted by Gasteiger charge is -2.17. The molecule has 0 unspecified atom stereocenters. The molecule has 3 rings (SSSR count). The van der Waals surface area contributed by atoms with Crippen LogP contribution >= 0.6 is 0 Å². The topological polar surface area (TPSA) is 75.7 Å². The van der Waals surface area contributed by atoms with Crippen molar-refractivity contribution < 1.29 is 17.9 Å². The monoisotopic (exact) mass is 416 g/mol. The average Bonchev–Trinajstić information content (AvgIpc) is 3.23. The smallest absolute Gasteiger partial charge is 0.251 e. The van der Waals surface area contributed by atoms with Gasteiger partial charge in [0, 0.05) is 18.7 Å². The molecule has 1 amide bonds. The minimum atomic E-state index is -3.55. The van der Waals surface area contributed by atoms with E-state index in [1.165, 1.54) is 15.9 Å². The summed E-state index contributed by atoms with van der Waals surface area (Å²) in [7, 11) is -3.55. The molecule has 1 aliphatic rings. The Labute approximate surface area is 172 Å². The van der Waals surface area contributed by atoms with E-state index in [9.17, 15) is 13.2 Å². The lowest BCUT2D eigenvalue weighted by atomic mass is 10.1. The first-order valence-electron chi connectivity index (χ1n) is 9.88. The Bertz CT molecular complexity index is 996. The maximum atomic E-state index is 12.8. The molecule has 0 atom stereocenters. The summed E-state index contributed by atoms with van der Waals surface area (Å²) in [6, 6.07) is 10.6. The fraction of sp³-hybridized carbons (Fsp3) is 0.409. The zero-order valence-corrected chi connectivity index (χ0v) is 18.0. The Morgan fingerprint density at radius 1 is 1.00 bits per heavy atom. The number of rotatable bonds is 7. The maximum absolute atomic E-state index is 12.8. The zero-order chi connectivity index (χ0) is 21.0. The number of hydrogen-bond acceptors (Lipinski definition) is 4. The highest BCUT2D eigenvalue weighted by atomic mass is 32.2. The number of hydrogen-bond donors (Lipinski definition) is 1. The molecule has 1 saturated heterocycles. The fourth-order valence-electron chi connectivity index (χ4n) is 3.32. The summed E-state index contributed by atoms with van der Waals surface area (Å²) >= 11 is 0. The number of sulfonamides is 1. The van der Waals surface area contributed by atoms with E-state index in [1.54, 1.807) is 19.1 Å². The highest BCUT2D eigenvalue weighted by Gasteiger charge is 2.28. The summed E-state index contributed by atoms with van der Waals surface area (Å²) in [5.41, 5.74) is 3.46. The van der Waals surface area contributed by atoms with Gasteiger partial charge in [0.1, 0.15) is 12.4 Å². The number of benzene rings is 2. The fourth-order valence-corrected chi connectivity index (χ4v) is 4.86. The molecule has 1 heterocycles. The second kappa shape index (κ2) is 8.97. The van der Waals surface area contributed by atoms with E-state index in [0.717, 1.165) is 29.7 Å². The van der Waals surface area contributed by atoms with E-state index in [2.05, 4.69) is 5.32 Å². The summed E-state index contributed by atoms with van der Waals surface area (Å²) in [6.45, 7) is 7.59. The highest BCUT2D eigenvalue weighted by molar-refractivity contribution is 7.89. The Morgan fingerprint density at radius 2 is 1.69 bits per heavy atom.